The number of carbonyl (C=O) groups is 1. The molecule has 0 spiro atoms. The molecule has 0 aromatic carbocycles. The van der Waals surface area contributed by atoms with Crippen molar-refractivity contribution in [1.82, 2.24) is 15.3 Å². The molecule has 1 aromatic heterocycles. The van der Waals surface area contributed by atoms with Gasteiger partial charge in [-0.05, 0) is 76.5 Å². The third-order valence-electron chi connectivity index (χ3n) is 9.03. The molecule has 1 aromatic rings. The van der Waals surface area contributed by atoms with E-state index in [2.05, 4.69) is 29.0 Å². The fourth-order valence-electron chi connectivity index (χ4n) is 8.01. The van der Waals surface area contributed by atoms with Gasteiger partial charge in [-0.25, -0.2) is 9.97 Å². The van der Waals surface area contributed by atoms with Gasteiger partial charge in [0.1, 0.15) is 0 Å². The van der Waals surface area contributed by atoms with E-state index < -0.39 is 5.60 Å². The predicted molar refractivity (Wildman–Crippen MR) is 125 cm³/mol. The largest absolute Gasteiger partial charge is 0.390 e. The Kier molecular flexibility index (Phi) is 5.41. The van der Waals surface area contributed by atoms with Gasteiger partial charge in [0.2, 0.25) is 5.95 Å². The van der Waals surface area contributed by atoms with Crippen molar-refractivity contribution in [3.8, 4) is 0 Å². The van der Waals surface area contributed by atoms with Crippen molar-refractivity contribution in [2.75, 3.05) is 18.0 Å². The van der Waals surface area contributed by atoms with Gasteiger partial charge in [-0.3, -0.25) is 4.79 Å². The second-order valence-corrected chi connectivity index (χ2v) is 11.8. The molecule has 180 valence electrons. The van der Waals surface area contributed by atoms with E-state index in [9.17, 15) is 9.90 Å². The number of aromatic nitrogens is 2. The Balaban J connectivity index is 1.25. The lowest BCUT2D eigenvalue weighted by Gasteiger charge is -2.58. The van der Waals surface area contributed by atoms with Crippen molar-refractivity contribution in [2.45, 2.75) is 101 Å². The quantitative estimate of drug-likeness (QED) is 0.725. The molecule has 2 N–H and O–H groups in total. The van der Waals surface area contributed by atoms with Crippen LogP contribution in [-0.4, -0.2) is 57.9 Å². The zero-order chi connectivity index (χ0) is 22.7. The van der Waals surface area contributed by atoms with Crippen LogP contribution in [0.3, 0.4) is 0 Å². The van der Waals surface area contributed by atoms with Gasteiger partial charge in [-0.15, -0.1) is 0 Å². The van der Waals surface area contributed by atoms with Crippen LogP contribution in [0.2, 0.25) is 0 Å². The van der Waals surface area contributed by atoms with E-state index in [1.54, 1.807) is 6.20 Å². The third-order valence-corrected chi connectivity index (χ3v) is 9.03. The fourth-order valence-corrected chi connectivity index (χ4v) is 8.01. The maximum Gasteiger partial charge on any atom is 0.254 e. The first-order valence-corrected chi connectivity index (χ1v) is 13.2. The average Bonchev–Trinajstić information content (AvgIpc) is 3.29. The first kappa shape index (κ1) is 21.8. The number of nitrogens with one attached hydrogen (secondary N) is 1. The van der Waals surface area contributed by atoms with Crippen LogP contribution in [0.25, 0.3) is 0 Å². The van der Waals surface area contributed by atoms with Crippen molar-refractivity contribution in [3.63, 3.8) is 0 Å². The van der Waals surface area contributed by atoms with E-state index in [-0.39, 0.29) is 24.2 Å². The number of aliphatic hydroxyl groups is 1. The molecule has 0 radical (unpaired) electrons. The minimum atomic E-state index is -0.482. The number of anilines is 1. The molecule has 5 saturated carbocycles. The summed E-state index contributed by atoms with van der Waals surface area (Å²) in [6, 6.07) is 0.173. The number of nitrogens with zero attached hydrogens (tertiary/aromatic N) is 3. The van der Waals surface area contributed by atoms with E-state index in [1.807, 2.05) is 0 Å². The summed E-state index contributed by atoms with van der Waals surface area (Å²) in [6.45, 7) is 5.72. The zero-order valence-corrected chi connectivity index (χ0v) is 20.0. The molecule has 7 heteroatoms. The molecule has 5 aliphatic carbocycles. The lowest BCUT2D eigenvalue weighted by molar-refractivity contribution is -0.136. The first-order valence-electron chi connectivity index (χ1n) is 13.2. The normalized spacial score (nSPS) is 40.4. The van der Waals surface area contributed by atoms with Gasteiger partial charge >= 0.3 is 0 Å². The molecule has 2 unspecified atom stereocenters. The highest BCUT2D eigenvalue weighted by atomic mass is 16.5. The highest BCUT2D eigenvalue weighted by molar-refractivity contribution is 5.95. The monoisotopic (exact) mass is 454 g/mol. The summed E-state index contributed by atoms with van der Waals surface area (Å²) < 4.78 is 5.89. The molecular weight excluding hydrogens is 416 g/mol. The molecule has 7 rings (SSSR count). The average molecular weight is 455 g/mol. The summed E-state index contributed by atoms with van der Waals surface area (Å²) in [5.41, 5.74) is 1.11. The van der Waals surface area contributed by atoms with Crippen LogP contribution in [0.4, 0.5) is 5.95 Å². The zero-order valence-electron chi connectivity index (χ0n) is 20.0. The maximum atomic E-state index is 13.6. The topological polar surface area (TPSA) is 87.6 Å². The number of carbonyl (C=O) groups excluding carboxylic acids is 1. The summed E-state index contributed by atoms with van der Waals surface area (Å²) in [7, 11) is 0. The highest BCUT2D eigenvalue weighted by Gasteiger charge is 2.55. The van der Waals surface area contributed by atoms with Gasteiger partial charge in [-0.2, -0.15) is 0 Å². The van der Waals surface area contributed by atoms with Crippen LogP contribution in [0, 0.1) is 17.8 Å². The number of morpholine rings is 1. The lowest BCUT2D eigenvalue weighted by Crippen LogP contribution is -2.61. The fraction of sp³-hybridized carbons (Fsp3) is 0.808. The van der Waals surface area contributed by atoms with Crippen molar-refractivity contribution >= 4 is 11.9 Å². The van der Waals surface area contributed by atoms with E-state index in [4.69, 9.17) is 9.72 Å². The minimum absolute atomic E-state index is 0.0170. The van der Waals surface area contributed by atoms with Crippen LogP contribution in [0.5, 0.6) is 0 Å². The molecule has 6 fully saturated rings. The highest BCUT2D eigenvalue weighted by Crippen LogP contribution is 2.55. The van der Waals surface area contributed by atoms with E-state index >= 15 is 0 Å². The van der Waals surface area contributed by atoms with Crippen LogP contribution in [-0.2, 0) is 4.74 Å². The molecule has 4 atom stereocenters. The van der Waals surface area contributed by atoms with Crippen LogP contribution in [0.15, 0.2) is 6.20 Å². The molecule has 1 amide bonds. The number of ether oxygens (including phenoxy) is 1. The molecule has 33 heavy (non-hydrogen) atoms. The molecule has 1 saturated heterocycles. The maximum absolute atomic E-state index is 13.6. The van der Waals surface area contributed by atoms with Gasteiger partial charge in [0, 0.05) is 31.2 Å². The lowest BCUT2D eigenvalue weighted by atomic mass is 9.52. The summed E-state index contributed by atoms with van der Waals surface area (Å²) in [4.78, 5) is 25.5. The number of hydrogen-bond donors (Lipinski definition) is 2. The van der Waals surface area contributed by atoms with Gasteiger partial charge < -0.3 is 20.1 Å². The van der Waals surface area contributed by atoms with Gasteiger partial charge in [-0.1, -0.05) is 12.8 Å². The second kappa shape index (κ2) is 8.19. The van der Waals surface area contributed by atoms with Crippen LogP contribution in [0.1, 0.15) is 93.6 Å². The van der Waals surface area contributed by atoms with E-state index in [0.29, 0.717) is 29.2 Å². The van der Waals surface area contributed by atoms with Gasteiger partial charge in [0.25, 0.3) is 5.91 Å². The second-order valence-electron chi connectivity index (χ2n) is 11.8. The standard InChI is InChI=1S/C26H38N4O3/c1-15-13-30(14-16(2)33-15)25-27-12-21(23(29-25)18-5-3-4-6-18)24(31)28-22-19-7-17-8-20(22)11-26(32,9-17)10-19/h12,15-20,22,32H,3-11,13-14H2,1-2H3,(H,28,31)/t15-,16-,17?,19?,20?,22?,26?/m0/s1. The van der Waals surface area contributed by atoms with Crippen LogP contribution >= 0.6 is 0 Å². The van der Waals surface area contributed by atoms with Crippen molar-refractivity contribution in [1.29, 1.82) is 0 Å². The molecule has 7 nitrogen and oxygen atoms in total. The Morgan fingerprint density at radius 3 is 2.42 bits per heavy atom. The van der Waals surface area contributed by atoms with E-state index in [0.717, 1.165) is 69.7 Å². The van der Waals surface area contributed by atoms with Crippen LogP contribution < -0.4 is 10.2 Å². The smallest absolute Gasteiger partial charge is 0.254 e. The molecule has 2 heterocycles. The Hall–Kier alpha value is -1.73. The number of amides is 1. The Morgan fingerprint density at radius 1 is 1.12 bits per heavy atom. The summed E-state index contributed by atoms with van der Waals surface area (Å²) >= 11 is 0. The summed E-state index contributed by atoms with van der Waals surface area (Å²) in [5.74, 6) is 2.48. The van der Waals surface area contributed by atoms with Crippen molar-refractivity contribution in [2.24, 2.45) is 17.8 Å². The Bertz CT molecular complexity index is 891. The molecule has 6 aliphatic rings. The Labute approximate surface area is 196 Å². The van der Waals surface area contributed by atoms with Crippen molar-refractivity contribution < 1.29 is 14.6 Å². The number of rotatable bonds is 4. The minimum Gasteiger partial charge on any atom is -0.390 e. The van der Waals surface area contributed by atoms with Gasteiger partial charge in [0.05, 0.1) is 29.1 Å². The van der Waals surface area contributed by atoms with E-state index in [1.165, 1.54) is 12.8 Å². The summed E-state index contributed by atoms with van der Waals surface area (Å²) in [5, 5.41) is 14.3. The Morgan fingerprint density at radius 2 is 1.79 bits per heavy atom. The molecule has 4 bridgehead atoms. The van der Waals surface area contributed by atoms with Crippen molar-refractivity contribution in [3.05, 3.63) is 17.5 Å². The third kappa shape index (κ3) is 4.05. The molecular formula is C26H38N4O3. The summed E-state index contributed by atoms with van der Waals surface area (Å²) in [6.07, 6.45) is 11.6. The first-order chi connectivity index (χ1) is 15.9. The molecule has 1 aliphatic heterocycles. The predicted octanol–water partition coefficient (Wildman–Crippen LogP) is 3.42. The SMILES string of the molecule is C[C@H]1CN(c2ncc(C(=O)NC3C4CC5CC3CC(O)(C5)C4)c(C3CCCC3)n2)C[C@H](C)O1. The number of hydrogen-bond acceptors (Lipinski definition) is 6. The van der Waals surface area contributed by atoms with Gasteiger partial charge in [0.15, 0.2) is 0 Å².